The van der Waals surface area contributed by atoms with Crippen molar-refractivity contribution >= 4 is 26.1 Å². The molecular weight excluding hydrogens is 282 g/mol. The van der Waals surface area contributed by atoms with E-state index in [0.717, 1.165) is 6.26 Å². The van der Waals surface area contributed by atoms with Crippen molar-refractivity contribution in [1.29, 1.82) is 0 Å². The minimum Gasteiger partial charge on any atom is -0.334 e. The third-order valence-corrected chi connectivity index (χ3v) is 3.53. The van der Waals surface area contributed by atoms with Crippen molar-refractivity contribution in [3.8, 4) is 0 Å². The van der Waals surface area contributed by atoms with E-state index in [2.05, 4.69) is 9.32 Å². The number of hydrogen-bond donors (Lipinski definition) is 1. The number of carbonyl (C=O) groups excluding carboxylic acids is 1. The molecule has 0 heterocycles. The first-order chi connectivity index (χ1) is 8.09. The molecular formula is C9H11NO6S2. The van der Waals surface area contributed by atoms with Crippen LogP contribution in [0.1, 0.15) is 5.56 Å². The molecule has 0 fully saturated rings. The number of benzene rings is 1. The van der Waals surface area contributed by atoms with Gasteiger partial charge in [-0.15, -0.1) is 0 Å². The van der Waals surface area contributed by atoms with Gasteiger partial charge in [0.2, 0.25) is 0 Å². The van der Waals surface area contributed by atoms with Crippen molar-refractivity contribution in [3.63, 3.8) is 0 Å². The standard InChI is InChI=1S/C9H11NO6S2/c1-17(12,13)8-5-3-2-4-7(8)6-9(11)16-18(10,14)15/h2-5H,6H2,1H3,(H2,10,14,15). The summed E-state index contributed by atoms with van der Waals surface area (Å²) >= 11 is 0. The zero-order chi connectivity index (χ0) is 14.0. The Balaban J connectivity index is 3.03. The highest BCUT2D eigenvalue weighted by Gasteiger charge is 2.18. The largest absolute Gasteiger partial charge is 0.382 e. The van der Waals surface area contributed by atoms with Gasteiger partial charge in [0, 0.05) is 6.26 Å². The normalized spacial score (nSPS) is 12.1. The molecule has 1 rings (SSSR count). The van der Waals surface area contributed by atoms with Gasteiger partial charge in [-0.1, -0.05) is 18.2 Å². The lowest BCUT2D eigenvalue weighted by Crippen LogP contribution is -2.22. The molecule has 18 heavy (non-hydrogen) atoms. The van der Waals surface area contributed by atoms with Crippen LogP contribution in [0.15, 0.2) is 29.2 Å². The number of nitrogens with two attached hydrogens (primary N) is 1. The molecule has 1 aromatic carbocycles. The smallest absolute Gasteiger partial charge is 0.334 e. The van der Waals surface area contributed by atoms with E-state index in [-0.39, 0.29) is 10.5 Å². The number of sulfone groups is 1. The van der Waals surface area contributed by atoms with Crippen molar-refractivity contribution in [1.82, 2.24) is 0 Å². The highest BCUT2D eigenvalue weighted by Crippen LogP contribution is 2.16. The number of carbonyl (C=O) groups is 1. The monoisotopic (exact) mass is 293 g/mol. The molecule has 0 amide bonds. The topological polar surface area (TPSA) is 121 Å². The van der Waals surface area contributed by atoms with Crippen LogP contribution >= 0.6 is 0 Å². The quantitative estimate of drug-likeness (QED) is 0.789. The van der Waals surface area contributed by atoms with Crippen molar-refractivity contribution in [2.75, 3.05) is 6.26 Å². The second kappa shape index (κ2) is 5.04. The van der Waals surface area contributed by atoms with Crippen LogP contribution in [0, 0.1) is 0 Å². The van der Waals surface area contributed by atoms with Crippen LogP contribution in [0.5, 0.6) is 0 Å². The fourth-order valence-electron chi connectivity index (χ4n) is 1.33. The van der Waals surface area contributed by atoms with Crippen LogP contribution in [0.4, 0.5) is 0 Å². The second-order valence-corrected chi connectivity index (χ2v) is 6.64. The maximum absolute atomic E-state index is 11.4. The van der Waals surface area contributed by atoms with Gasteiger partial charge in [0.15, 0.2) is 9.84 Å². The lowest BCUT2D eigenvalue weighted by Gasteiger charge is -2.06. The molecule has 0 saturated heterocycles. The molecule has 0 unspecified atom stereocenters. The van der Waals surface area contributed by atoms with Crippen molar-refractivity contribution in [3.05, 3.63) is 29.8 Å². The molecule has 2 N–H and O–H groups in total. The summed E-state index contributed by atoms with van der Waals surface area (Å²) in [4.78, 5) is 11.2. The van der Waals surface area contributed by atoms with Crippen molar-refractivity contribution in [2.45, 2.75) is 11.3 Å². The Labute approximate surface area is 105 Å². The van der Waals surface area contributed by atoms with Crippen molar-refractivity contribution < 1.29 is 25.8 Å². The van der Waals surface area contributed by atoms with E-state index in [0.29, 0.717) is 0 Å². The minimum absolute atomic E-state index is 0.0589. The Hall–Kier alpha value is -1.45. The summed E-state index contributed by atoms with van der Waals surface area (Å²) < 4.78 is 47.8. The summed E-state index contributed by atoms with van der Waals surface area (Å²) in [5, 5.41) is 4.52. The first-order valence-electron chi connectivity index (χ1n) is 4.62. The molecule has 0 bridgehead atoms. The van der Waals surface area contributed by atoms with E-state index in [1.165, 1.54) is 24.3 Å². The third-order valence-electron chi connectivity index (χ3n) is 1.92. The average molecular weight is 293 g/mol. The Morgan fingerprint density at radius 3 is 2.28 bits per heavy atom. The molecule has 7 nitrogen and oxygen atoms in total. The van der Waals surface area contributed by atoms with Gasteiger partial charge in [0.25, 0.3) is 0 Å². The van der Waals surface area contributed by atoms with Gasteiger partial charge in [-0.3, -0.25) is 4.79 Å². The average Bonchev–Trinajstić information content (AvgIpc) is 2.13. The molecule has 0 aliphatic heterocycles. The molecule has 0 aliphatic rings. The predicted octanol–water partition coefficient (Wildman–Crippen LogP) is -0.621. The highest BCUT2D eigenvalue weighted by atomic mass is 32.2. The maximum atomic E-state index is 11.4. The minimum atomic E-state index is -4.39. The SMILES string of the molecule is CS(=O)(=O)c1ccccc1CC(=O)OS(N)(=O)=O. The lowest BCUT2D eigenvalue weighted by molar-refractivity contribution is -0.133. The molecule has 0 spiro atoms. The van der Waals surface area contributed by atoms with E-state index < -0.39 is 32.5 Å². The van der Waals surface area contributed by atoms with Gasteiger partial charge in [0.05, 0.1) is 11.3 Å². The number of hydrogen-bond acceptors (Lipinski definition) is 6. The Bertz CT molecular complexity index is 662. The molecule has 0 radical (unpaired) electrons. The fraction of sp³-hybridized carbons (Fsp3) is 0.222. The molecule has 0 atom stereocenters. The van der Waals surface area contributed by atoms with Gasteiger partial charge >= 0.3 is 16.3 Å². The van der Waals surface area contributed by atoms with E-state index in [1.54, 1.807) is 0 Å². The zero-order valence-corrected chi connectivity index (χ0v) is 11.0. The molecule has 9 heteroatoms. The maximum Gasteiger partial charge on any atom is 0.382 e. The van der Waals surface area contributed by atoms with Gasteiger partial charge < -0.3 is 4.18 Å². The molecule has 0 aliphatic carbocycles. The van der Waals surface area contributed by atoms with Gasteiger partial charge in [0.1, 0.15) is 0 Å². The Morgan fingerprint density at radius 1 is 1.22 bits per heavy atom. The van der Waals surface area contributed by atoms with E-state index in [1.807, 2.05) is 0 Å². The Kier molecular flexibility index (Phi) is 4.09. The van der Waals surface area contributed by atoms with Crippen LogP contribution in [-0.4, -0.2) is 29.1 Å². The van der Waals surface area contributed by atoms with Crippen LogP contribution in [0.25, 0.3) is 0 Å². The summed E-state index contributed by atoms with van der Waals surface area (Å²) in [5.41, 5.74) is 0.147. The van der Waals surface area contributed by atoms with Gasteiger partial charge in [-0.2, -0.15) is 13.6 Å². The van der Waals surface area contributed by atoms with Gasteiger partial charge in [-0.25, -0.2) is 8.42 Å². The van der Waals surface area contributed by atoms with Crippen LogP contribution < -0.4 is 5.14 Å². The molecule has 100 valence electrons. The number of rotatable bonds is 4. The molecule has 0 saturated carbocycles. The predicted molar refractivity (Wildman–Crippen MR) is 62.5 cm³/mol. The van der Waals surface area contributed by atoms with E-state index in [9.17, 15) is 21.6 Å². The zero-order valence-electron chi connectivity index (χ0n) is 9.36. The lowest BCUT2D eigenvalue weighted by atomic mass is 10.1. The summed E-state index contributed by atoms with van der Waals surface area (Å²) in [5.74, 6) is -1.14. The van der Waals surface area contributed by atoms with E-state index in [4.69, 9.17) is 0 Å². The second-order valence-electron chi connectivity index (χ2n) is 3.50. The summed E-state index contributed by atoms with van der Waals surface area (Å²) in [7, 11) is -7.90. The van der Waals surface area contributed by atoms with Gasteiger partial charge in [-0.05, 0) is 11.6 Å². The van der Waals surface area contributed by atoms with Crippen LogP contribution in [0.2, 0.25) is 0 Å². The highest BCUT2D eigenvalue weighted by molar-refractivity contribution is 7.90. The van der Waals surface area contributed by atoms with E-state index >= 15 is 0 Å². The first kappa shape index (κ1) is 14.6. The summed E-state index contributed by atoms with van der Waals surface area (Å²) in [6, 6.07) is 5.72. The fourth-order valence-corrected chi connectivity index (χ4v) is 2.59. The molecule has 0 aromatic heterocycles. The Morgan fingerprint density at radius 2 is 1.78 bits per heavy atom. The summed E-state index contributed by atoms with van der Waals surface area (Å²) in [6.45, 7) is 0. The van der Waals surface area contributed by atoms with Crippen LogP contribution in [-0.2, 0) is 35.5 Å². The summed E-state index contributed by atoms with van der Waals surface area (Å²) in [6.07, 6.45) is 0.483. The third kappa shape index (κ3) is 4.43. The molecule has 1 aromatic rings. The van der Waals surface area contributed by atoms with Crippen molar-refractivity contribution in [2.24, 2.45) is 5.14 Å². The van der Waals surface area contributed by atoms with Crippen LogP contribution in [0.3, 0.4) is 0 Å². The first-order valence-corrected chi connectivity index (χ1v) is 7.99.